The molecule has 0 radical (unpaired) electrons. The van der Waals surface area contributed by atoms with Crippen LogP contribution in [-0.2, 0) is 9.59 Å². The van der Waals surface area contributed by atoms with Crippen molar-refractivity contribution in [1.29, 1.82) is 0 Å². The van der Waals surface area contributed by atoms with Crippen molar-refractivity contribution >= 4 is 46.6 Å². The Bertz CT molecular complexity index is 748. The van der Waals surface area contributed by atoms with Crippen LogP contribution in [0.15, 0.2) is 47.4 Å². The van der Waals surface area contributed by atoms with Gasteiger partial charge in [-0.05, 0) is 55.3 Å². The molecule has 6 heteroatoms. The number of hydrogen-bond acceptors (Lipinski definition) is 3. The van der Waals surface area contributed by atoms with Crippen molar-refractivity contribution in [2.45, 2.75) is 31.6 Å². The Kier molecular flexibility index (Phi) is 7.34. The smallest absolute Gasteiger partial charge is 0.234 e. The van der Waals surface area contributed by atoms with Crippen LogP contribution in [0.2, 0.25) is 5.02 Å². The Morgan fingerprint density at radius 3 is 2.44 bits per heavy atom. The van der Waals surface area contributed by atoms with E-state index in [0.29, 0.717) is 17.2 Å². The Morgan fingerprint density at radius 2 is 1.76 bits per heavy atom. The van der Waals surface area contributed by atoms with E-state index in [1.807, 2.05) is 44.2 Å². The average Bonchev–Trinajstić information content (AvgIpc) is 2.58. The SMILES string of the molecule is CCCC(=O)Nc1ccc(SCC(=O)Nc2cc(Cl)ccc2C)cc1. The lowest BCUT2D eigenvalue weighted by atomic mass is 10.2. The number of thioether (sulfide) groups is 1. The summed E-state index contributed by atoms with van der Waals surface area (Å²) in [5.74, 6) is 0.225. The predicted octanol–water partition coefficient (Wildman–Crippen LogP) is 5.12. The summed E-state index contributed by atoms with van der Waals surface area (Å²) < 4.78 is 0. The van der Waals surface area contributed by atoms with E-state index in [0.717, 1.165) is 28.3 Å². The molecule has 0 heterocycles. The van der Waals surface area contributed by atoms with Crippen LogP contribution < -0.4 is 10.6 Å². The average molecular weight is 377 g/mol. The van der Waals surface area contributed by atoms with E-state index >= 15 is 0 Å². The molecule has 0 saturated carbocycles. The Balaban J connectivity index is 1.85. The number of amides is 2. The molecular weight excluding hydrogens is 356 g/mol. The quantitative estimate of drug-likeness (QED) is 0.659. The summed E-state index contributed by atoms with van der Waals surface area (Å²) in [6, 6.07) is 12.9. The number of carbonyl (C=O) groups is 2. The number of aryl methyl sites for hydroxylation is 1. The first-order valence-corrected chi connectivity index (χ1v) is 9.43. The van der Waals surface area contributed by atoms with Gasteiger partial charge < -0.3 is 10.6 Å². The zero-order valence-corrected chi connectivity index (χ0v) is 15.8. The van der Waals surface area contributed by atoms with Gasteiger partial charge in [0.2, 0.25) is 11.8 Å². The Labute approximate surface area is 157 Å². The molecule has 2 rings (SSSR count). The van der Waals surface area contributed by atoms with Crippen molar-refractivity contribution in [3.63, 3.8) is 0 Å². The second-order valence-corrected chi connectivity index (χ2v) is 7.10. The van der Waals surface area contributed by atoms with Crippen LogP contribution in [0, 0.1) is 6.92 Å². The van der Waals surface area contributed by atoms with Gasteiger partial charge >= 0.3 is 0 Å². The molecule has 0 spiro atoms. The van der Waals surface area contributed by atoms with Gasteiger partial charge in [-0.3, -0.25) is 9.59 Å². The van der Waals surface area contributed by atoms with E-state index in [4.69, 9.17) is 11.6 Å². The highest BCUT2D eigenvalue weighted by Gasteiger charge is 2.07. The lowest BCUT2D eigenvalue weighted by Gasteiger charge is -2.09. The van der Waals surface area contributed by atoms with E-state index in [1.165, 1.54) is 11.8 Å². The van der Waals surface area contributed by atoms with Crippen LogP contribution in [0.3, 0.4) is 0 Å². The molecule has 0 fully saturated rings. The number of anilines is 2. The van der Waals surface area contributed by atoms with Crippen LogP contribution in [0.4, 0.5) is 11.4 Å². The summed E-state index contributed by atoms with van der Waals surface area (Å²) in [6.45, 7) is 3.89. The molecule has 2 N–H and O–H groups in total. The van der Waals surface area contributed by atoms with Crippen molar-refractivity contribution in [1.82, 2.24) is 0 Å². The van der Waals surface area contributed by atoms with Gasteiger partial charge in [0, 0.05) is 27.7 Å². The second kappa shape index (κ2) is 9.49. The largest absolute Gasteiger partial charge is 0.326 e. The molecule has 0 aliphatic rings. The molecule has 2 aromatic rings. The predicted molar refractivity (Wildman–Crippen MR) is 106 cm³/mol. The van der Waals surface area contributed by atoms with Gasteiger partial charge in [-0.2, -0.15) is 0 Å². The number of hydrogen-bond donors (Lipinski definition) is 2. The fourth-order valence-corrected chi connectivity index (χ4v) is 3.02. The molecule has 4 nitrogen and oxygen atoms in total. The van der Waals surface area contributed by atoms with Gasteiger partial charge in [0.15, 0.2) is 0 Å². The Hall–Kier alpha value is -1.98. The van der Waals surface area contributed by atoms with Gasteiger partial charge in [-0.25, -0.2) is 0 Å². The lowest BCUT2D eigenvalue weighted by molar-refractivity contribution is -0.116. The number of halogens is 1. The number of benzene rings is 2. The molecule has 132 valence electrons. The second-order valence-electron chi connectivity index (χ2n) is 5.62. The first kappa shape index (κ1) is 19.3. The summed E-state index contributed by atoms with van der Waals surface area (Å²) >= 11 is 7.40. The van der Waals surface area contributed by atoms with Crippen molar-refractivity contribution in [2.75, 3.05) is 16.4 Å². The van der Waals surface area contributed by atoms with Gasteiger partial charge in [-0.1, -0.05) is 24.6 Å². The topological polar surface area (TPSA) is 58.2 Å². The third-order valence-electron chi connectivity index (χ3n) is 3.46. The van der Waals surface area contributed by atoms with E-state index in [-0.39, 0.29) is 11.8 Å². The fraction of sp³-hybridized carbons (Fsp3) is 0.263. The maximum absolute atomic E-state index is 12.1. The van der Waals surface area contributed by atoms with Gasteiger partial charge in [0.1, 0.15) is 0 Å². The highest BCUT2D eigenvalue weighted by Crippen LogP contribution is 2.23. The molecule has 0 aliphatic carbocycles. The van der Waals surface area contributed by atoms with Crippen molar-refractivity contribution in [2.24, 2.45) is 0 Å². The molecule has 0 aliphatic heterocycles. The third kappa shape index (κ3) is 6.44. The van der Waals surface area contributed by atoms with Gasteiger partial charge in [-0.15, -0.1) is 11.8 Å². The third-order valence-corrected chi connectivity index (χ3v) is 4.71. The first-order chi connectivity index (χ1) is 12.0. The lowest BCUT2D eigenvalue weighted by Crippen LogP contribution is -2.14. The van der Waals surface area contributed by atoms with Gasteiger partial charge in [0.05, 0.1) is 5.75 Å². The molecule has 0 atom stereocenters. The zero-order valence-electron chi connectivity index (χ0n) is 14.3. The number of nitrogens with one attached hydrogen (secondary N) is 2. The molecule has 25 heavy (non-hydrogen) atoms. The standard InChI is InChI=1S/C19H21ClN2O2S/c1-3-4-18(23)21-15-7-9-16(10-8-15)25-12-19(24)22-17-11-14(20)6-5-13(17)2/h5-11H,3-4,12H2,1-2H3,(H,21,23)(H,22,24). The summed E-state index contributed by atoms with van der Waals surface area (Å²) in [6.07, 6.45) is 1.33. The summed E-state index contributed by atoms with van der Waals surface area (Å²) in [5.41, 5.74) is 2.46. The van der Waals surface area contributed by atoms with Crippen LogP contribution in [0.5, 0.6) is 0 Å². The number of rotatable bonds is 7. The van der Waals surface area contributed by atoms with E-state index < -0.39 is 0 Å². The van der Waals surface area contributed by atoms with Crippen molar-refractivity contribution < 1.29 is 9.59 Å². The van der Waals surface area contributed by atoms with Crippen molar-refractivity contribution in [3.8, 4) is 0 Å². The first-order valence-electron chi connectivity index (χ1n) is 8.06. The number of carbonyl (C=O) groups excluding carboxylic acids is 2. The zero-order chi connectivity index (χ0) is 18.2. The molecule has 0 unspecified atom stereocenters. The molecule has 2 aromatic carbocycles. The van der Waals surface area contributed by atoms with Crippen molar-refractivity contribution in [3.05, 3.63) is 53.1 Å². The van der Waals surface area contributed by atoms with Crippen LogP contribution in [-0.4, -0.2) is 17.6 Å². The normalized spacial score (nSPS) is 10.4. The minimum absolute atomic E-state index is 0.0131. The summed E-state index contributed by atoms with van der Waals surface area (Å²) in [5, 5.41) is 6.30. The summed E-state index contributed by atoms with van der Waals surface area (Å²) in [7, 11) is 0. The Morgan fingerprint density at radius 1 is 1.04 bits per heavy atom. The minimum Gasteiger partial charge on any atom is -0.326 e. The van der Waals surface area contributed by atoms with Crippen LogP contribution >= 0.6 is 23.4 Å². The van der Waals surface area contributed by atoms with E-state index in [9.17, 15) is 9.59 Å². The van der Waals surface area contributed by atoms with E-state index in [1.54, 1.807) is 12.1 Å². The molecule has 0 saturated heterocycles. The fourth-order valence-electron chi connectivity index (χ4n) is 2.15. The molecular formula is C19H21ClN2O2S. The molecule has 0 bridgehead atoms. The van der Waals surface area contributed by atoms with Gasteiger partial charge in [0.25, 0.3) is 0 Å². The molecule has 0 aromatic heterocycles. The van der Waals surface area contributed by atoms with Crippen LogP contribution in [0.1, 0.15) is 25.3 Å². The maximum Gasteiger partial charge on any atom is 0.234 e. The monoisotopic (exact) mass is 376 g/mol. The molecule has 2 amide bonds. The highest BCUT2D eigenvalue weighted by atomic mass is 35.5. The summed E-state index contributed by atoms with van der Waals surface area (Å²) in [4.78, 5) is 24.6. The highest BCUT2D eigenvalue weighted by molar-refractivity contribution is 8.00. The maximum atomic E-state index is 12.1. The van der Waals surface area contributed by atoms with Crippen LogP contribution in [0.25, 0.3) is 0 Å². The minimum atomic E-state index is -0.0873. The van der Waals surface area contributed by atoms with E-state index in [2.05, 4.69) is 10.6 Å².